The zero-order chi connectivity index (χ0) is 14.0. The number of anilines is 1. The molecule has 0 amide bonds. The van der Waals surface area contributed by atoms with Crippen LogP contribution in [-0.2, 0) is 6.54 Å². The number of hydrogen-bond acceptors (Lipinski definition) is 2. The Morgan fingerprint density at radius 1 is 1.05 bits per heavy atom. The van der Waals surface area contributed by atoms with Gasteiger partial charge in [-0.05, 0) is 18.2 Å². The number of aromatic hydroxyl groups is 1. The molecule has 2 rings (SSSR count). The minimum Gasteiger partial charge on any atom is -0.505 e. The first-order valence-electron chi connectivity index (χ1n) is 5.34. The highest BCUT2D eigenvalue weighted by atomic mass is 35.5. The smallest absolute Gasteiger partial charge is 0.152 e. The Morgan fingerprint density at radius 2 is 1.68 bits per heavy atom. The summed E-state index contributed by atoms with van der Waals surface area (Å²) in [4.78, 5) is 0. The second-order valence-corrected chi connectivity index (χ2v) is 5.08. The van der Waals surface area contributed by atoms with Gasteiger partial charge in [-0.25, -0.2) is 4.39 Å². The molecule has 2 nitrogen and oxygen atoms in total. The zero-order valence-electron chi connectivity index (χ0n) is 9.55. The van der Waals surface area contributed by atoms with E-state index in [0.29, 0.717) is 11.3 Å². The average Bonchev–Trinajstić information content (AvgIpc) is 2.37. The van der Waals surface area contributed by atoms with Crippen LogP contribution in [-0.4, -0.2) is 5.11 Å². The van der Waals surface area contributed by atoms with E-state index in [-0.39, 0.29) is 27.4 Å². The number of nitrogens with one attached hydrogen (secondary N) is 1. The van der Waals surface area contributed by atoms with Crippen LogP contribution in [0.3, 0.4) is 0 Å². The third kappa shape index (κ3) is 3.24. The molecule has 0 aliphatic heterocycles. The van der Waals surface area contributed by atoms with Gasteiger partial charge in [0, 0.05) is 17.8 Å². The Morgan fingerprint density at radius 3 is 2.32 bits per heavy atom. The highest BCUT2D eigenvalue weighted by Gasteiger charge is 2.08. The predicted octanol–water partition coefficient (Wildman–Crippen LogP) is 5.10. The molecule has 0 unspecified atom stereocenters. The summed E-state index contributed by atoms with van der Waals surface area (Å²) in [6.07, 6.45) is 0. The summed E-state index contributed by atoms with van der Waals surface area (Å²) < 4.78 is 13.7. The molecule has 0 aliphatic carbocycles. The molecule has 19 heavy (non-hydrogen) atoms. The van der Waals surface area contributed by atoms with E-state index in [1.54, 1.807) is 12.1 Å². The van der Waals surface area contributed by atoms with Gasteiger partial charge in [0.25, 0.3) is 0 Å². The largest absolute Gasteiger partial charge is 0.505 e. The molecule has 6 heteroatoms. The molecule has 0 heterocycles. The van der Waals surface area contributed by atoms with E-state index in [1.807, 2.05) is 0 Å². The standard InChI is InChI=1S/C13H9Cl3FNO/c14-9-3-1-2-7(12(9)17)6-18-8-4-10(15)13(19)11(16)5-8/h1-5,18-19H,6H2. The van der Waals surface area contributed by atoms with E-state index in [1.165, 1.54) is 18.2 Å². The Balaban J connectivity index is 2.17. The van der Waals surface area contributed by atoms with Crippen molar-refractivity contribution in [3.05, 3.63) is 56.8 Å². The molecule has 2 N–H and O–H groups in total. The van der Waals surface area contributed by atoms with Crippen LogP contribution >= 0.6 is 34.8 Å². The summed E-state index contributed by atoms with van der Waals surface area (Å²) in [6, 6.07) is 7.78. The fraction of sp³-hybridized carbons (Fsp3) is 0.0769. The molecule has 0 atom stereocenters. The van der Waals surface area contributed by atoms with E-state index >= 15 is 0 Å². The molecule has 100 valence electrons. The first-order valence-corrected chi connectivity index (χ1v) is 6.47. The molecular weight excluding hydrogens is 312 g/mol. The van der Waals surface area contributed by atoms with Crippen LogP contribution in [0.4, 0.5) is 10.1 Å². The molecule has 0 fully saturated rings. The second-order valence-electron chi connectivity index (χ2n) is 3.85. The molecule has 0 bridgehead atoms. The Labute approximate surface area is 124 Å². The number of phenolic OH excluding ortho intramolecular Hbond substituents is 1. The summed E-state index contributed by atoms with van der Waals surface area (Å²) in [5.74, 6) is -0.643. The van der Waals surface area contributed by atoms with Gasteiger partial charge in [0.05, 0.1) is 15.1 Å². The third-order valence-electron chi connectivity index (χ3n) is 2.53. The molecule has 0 radical (unpaired) electrons. The maximum Gasteiger partial charge on any atom is 0.152 e. The predicted molar refractivity (Wildman–Crippen MR) is 76.9 cm³/mol. The molecule has 0 aromatic heterocycles. The normalized spacial score (nSPS) is 10.5. The van der Waals surface area contributed by atoms with Gasteiger partial charge in [-0.1, -0.05) is 46.9 Å². The van der Waals surface area contributed by atoms with Crippen molar-refractivity contribution in [2.75, 3.05) is 5.32 Å². The van der Waals surface area contributed by atoms with Crippen LogP contribution in [0.1, 0.15) is 5.56 Å². The van der Waals surface area contributed by atoms with E-state index in [4.69, 9.17) is 34.8 Å². The molecule has 0 saturated carbocycles. The number of phenols is 1. The van der Waals surface area contributed by atoms with Crippen LogP contribution in [0.5, 0.6) is 5.75 Å². The van der Waals surface area contributed by atoms with Crippen LogP contribution in [0.15, 0.2) is 30.3 Å². The topological polar surface area (TPSA) is 32.3 Å². The van der Waals surface area contributed by atoms with Crippen molar-refractivity contribution in [1.29, 1.82) is 0 Å². The van der Waals surface area contributed by atoms with Crippen molar-refractivity contribution in [1.82, 2.24) is 0 Å². The van der Waals surface area contributed by atoms with Gasteiger partial charge in [0.2, 0.25) is 0 Å². The molecule has 0 aliphatic rings. The summed E-state index contributed by atoms with van der Waals surface area (Å²) in [5, 5.41) is 12.7. The van der Waals surface area contributed by atoms with E-state index in [0.717, 1.165) is 0 Å². The first kappa shape index (κ1) is 14.3. The SMILES string of the molecule is Oc1c(Cl)cc(NCc2cccc(Cl)c2F)cc1Cl. The summed E-state index contributed by atoms with van der Waals surface area (Å²) in [6.45, 7) is 0.226. The molecule has 0 spiro atoms. The number of halogens is 4. The van der Waals surface area contributed by atoms with Gasteiger partial charge in [-0.15, -0.1) is 0 Å². The van der Waals surface area contributed by atoms with Crippen molar-refractivity contribution in [3.63, 3.8) is 0 Å². The number of benzene rings is 2. The first-order chi connectivity index (χ1) is 8.99. The Kier molecular flexibility index (Phi) is 4.40. The number of rotatable bonds is 3. The lowest BCUT2D eigenvalue weighted by atomic mass is 10.2. The van der Waals surface area contributed by atoms with E-state index in [2.05, 4.69) is 5.32 Å². The molecule has 2 aromatic carbocycles. The minimum absolute atomic E-state index is 0.0704. The Bertz CT molecular complexity index is 596. The monoisotopic (exact) mass is 319 g/mol. The van der Waals surface area contributed by atoms with Crippen molar-refractivity contribution in [2.45, 2.75) is 6.54 Å². The van der Waals surface area contributed by atoms with Crippen LogP contribution in [0.2, 0.25) is 15.1 Å². The van der Waals surface area contributed by atoms with E-state index in [9.17, 15) is 9.50 Å². The highest BCUT2D eigenvalue weighted by Crippen LogP contribution is 2.34. The maximum absolute atomic E-state index is 13.7. The fourth-order valence-electron chi connectivity index (χ4n) is 1.55. The maximum atomic E-state index is 13.7. The van der Waals surface area contributed by atoms with Gasteiger partial charge in [-0.2, -0.15) is 0 Å². The lowest BCUT2D eigenvalue weighted by molar-refractivity contribution is 0.476. The molecular formula is C13H9Cl3FNO. The quantitative estimate of drug-likeness (QED) is 0.771. The van der Waals surface area contributed by atoms with Gasteiger partial charge >= 0.3 is 0 Å². The van der Waals surface area contributed by atoms with Crippen molar-refractivity contribution in [3.8, 4) is 5.75 Å². The van der Waals surface area contributed by atoms with Crippen LogP contribution in [0.25, 0.3) is 0 Å². The van der Waals surface area contributed by atoms with Crippen molar-refractivity contribution < 1.29 is 9.50 Å². The van der Waals surface area contributed by atoms with Crippen molar-refractivity contribution in [2.24, 2.45) is 0 Å². The highest BCUT2D eigenvalue weighted by molar-refractivity contribution is 6.37. The van der Waals surface area contributed by atoms with Gasteiger partial charge < -0.3 is 10.4 Å². The lowest BCUT2D eigenvalue weighted by Gasteiger charge is -2.10. The Hall–Kier alpha value is -1.16. The molecule has 0 saturated heterocycles. The second kappa shape index (κ2) is 5.87. The summed E-state index contributed by atoms with van der Waals surface area (Å²) in [7, 11) is 0. The molecule has 2 aromatic rings. The van der Waals surface area contributed by atoms with Crippen LogP contribution in [0, 0.1) is 5.82 Å². The van der Waals surface area contributed by atoms with Gasteiger partial charge in [-0.3, -0.25) is 0 Å². The number of hydrogen-bond donors (Lipinski definition) is 2. The zero-order valence-corrected chi connectivity index (χ0v) is 11.8. The minimum atomic E-state index is -0.465. The summed E-state index contributed by atoms with van der Waals surface area (Å²) >= 11 is 17.3. The van der Waals surface area contributed by atoms with Crippen molar-refractivity contribution >= 4 is 40.5 Å². The third-order valence-corrected chi connectivity index (χ3v) is 3.40. The average molecular weight is 321 g/mol. The lowest BCUT2D eigenvalue weighted by Crippen LogP contribution is -2.02. The van der Waals surface area contributed by atoms with Gasteiger partial charge in [0.1, 0.15) is 5.82 Å². The van der Waals surface area contributed by atoms with E-state index < -0.39 is 5.82 Å². The van der Waals surface area contributed by atoms with Gasteiger partial charge in [0.15, 0.2) is 5.75 Å². The fourth-order valence-corrected chi connectivity index (χ4v) is 2.23. The summed E-state index contributed by atoms with van der Waals surface area (Å²) in [5.41, 5.74) is 1.000. The van der Waals surface area contributed by atoms with Crippen LogP contribution < -0.4 is 5.32 Å².